The highest BCUT2D eigenvalue weighted by Crippen LogP contribution is 2.55. The molecule has 1 nitrogen and oxygen atoms in total. The Kier molecular flexibility index (Phi) is 2.52. The standard InChI is InChI=1S/C15H22O/c1-11-6-7-13(16)12(10-11)15(4)9-5-8-14(15,2)3/h6-7,10,16H,5,8-9H2,1-4H3/t15-/m1/s1. The van der Waals surface area contributed by atoms with Crippen LogP contribution in [0.5, 0.6) is 5.75 Å². The first-order valence-corrected chi connectivity index (χ1v) is 6.17. The Bertz CT molecular complexity index is 406. The zero-order valence-corrected chi connectivity index (χ0v) is 10.8. The molecule has 1 aromatic carbocycles. The number of aromatic hydroxyl groups is 1. The summed E-state index contributed by atoms with van der Waals surface area (Å²) in [4.78, 5) is 0. The summed E-state index contributed by atoms with van der Waals surface area (Å²) >= 11 is 0. The Morgan fingerprint density at radius 2 is 1.81 bits per heavy atom. The van der Waals surface area contributed by atoms with Gasteiger partial charge in [0, 0.05) is 11.0 Å². The molecule has 88 valence electrons. The summed E-state index contributed by atoms with van der Waals surface area (Å²) < 4.78 is 0. The summed E-state index contributed by atoms with van der Waals surface area (Å²) in [6, 6.07) is 5.97. The molecule has 1 aliphatic rings. The number of aryl methyl sites for hydroxylation is 1. The van der Waals surface area contributed by atoms with E-state index in [9.17, 15) is 5.11 Å². The topological polar surface area (TPSA) is 20.2 Å². The van der Waals surface area contributed by atoms with E-state index in [-0.39, 0.29) is 10.8 Å². The first-order valence-electron chi connectivity index (χ1n) is 6.17. The van der Waals surface area contributed by atoms with E-state index in [1.165, 1.54) is 24.8 Å². The zero-order valence-electron chi connectivity index (χ0n) is 10.8. The quantitative estimate of drug-likeness (QED) is 0.750. The lowest BCUT2D eigenvalue weighted by atomic mass is 9.65. The van der Waals surface area contributed by atoms with E-state index in [4.69, 9.17) is 0 Å². The van der Waals surface area contributed by atoms with Crippen molar-refractivity contribution in [3.05, 3.63) is 29.3 Å². The summed E-state index contributed by atoms with van der Waals surface area (Å²) in [5, 5.41) is 10.1. The maximum Gasteiger partial charge on any atom is 0.119 e. The summed E-state index contributed by atoms with van der Waals surface area (Å²) in [5.74, 6) is 0.461. The van der Waals surface area contributed by atoms with Crippen LogP contribution in [0.2, 0.25) is 0 Å². The Hall–Kier alpha value is -0.980. The third kappa shape index (κ3) is 1.53. The molecule has 0 saturated heterocycles. The molecular formula is C15H22O. The second-order valence-electron chi connectivity index (χ2n) is 6.09. The first kappa shape index (κ1) is 11.5. The summed E-state index contributed by atoms with van der Waals surface area (Å²) in [5.41, 5.74) is 2.76. The van der Waals surface area contributed by atoms with E-state index in [2.05, 4.69) is 33.8 Å². The molecule has 0 aliphatic heterocycles. The molecule has 0 heterocycles. The molecule has 1 atom stereocenters. The smallest absolute Gasteiger partial charge is 0.119 e. The molecule has 0 unspecified atom stereocenters. The molecule has 1 N–H and O–H groups in total. The predicted molar refractivity (Wildman–Crippen MR) is 67.8 cm³/mol. The van der Waals surface area contributed by atoms with Crippen LogP contribution in [0.3, 0.4) is 0 Å². The van der Waals surface area contributed by atoms with Crippen LogP contribution in [0, 0.1) is 12.3 Å². The van der Waals surface area contributed by atoms with Gasteiger partial charge in [0.1, 0.15) is 5.75 Å². The SMILES string of the molecule is Cc1ccc(O)c([C@@]2(C)CCCC2(C)C)c1. The van der Waals surface area contributed by atoms with E-state index in [1.807, 2.05) is 12.1 Å². The largest absolute Gasteiger partial charge is 0.508 e. The summed E-state index contributed by atoms with van der Waals surface area (Å²) in [6.45, 7) is 9.03. The van der Waals surface area contributed by atoms with Crippen LogP contribution >= 0.6 is 0 Å². The molecular weight excluding hydrogens is 196 g/mol. The third-order valence-electron chi connectivity index (χ3n) is 4.72. The van der Waals surface area contributed by atoms with Gasteiger partial charge in [-0.2, -0.15) is 0 Å². The molecule has 2 rings (SSSR count). The predicted octanol–water partition coefficient (Wildman–Crippen LogP) is 4.17. The van der Waals surface area contributed by atoms with Gasteiger partial charge in [0.25, 0.3) is 0 Å². The molecule has 16 heavy (non-hydrogen) atoms. The van der Waals surface area contributed by atoms with Gasteiger partial charge in [-0.1, -0.05) is 44.9 Å². The Morgan fingerprint density at radius 1 is 1.12 bits per heavy atom. The van der Waals surface area contributed by atoms with Crippen molar-refractivity contribution in [1.29, 1.82) is 0 Å². The minimum atomic E-state index is 0.114. The van der Waals surface area contributed by atoms with Crippen LogP contribution in [-0.4, -0.2) is 5.11 Å². The second-order valence-corrected chi connectivity index (χ2v) is 6.09. The molecule has 0 bridgehead atoms. The average Bonchev–Trinajstić information content (AvgIpc) is 2.46. The molecule has 1 aliphatic carbocycles. The van der Waals surface area contributed by atoms with Gasteiger partial charge in [-0.25, -0.2) is 0 Å². The average molecular weight is 218 g/mol. The highest BCUT2D eigenvalue weighted by Gasteiger charge is 2.47. The van der Waals surface area contributed by atoms with E-state index in [0.29, 0.717) is 5.75 Å². The number of phenolic OH excluding ortho intramolecular Hbond substituents is 1. The number of benzene rings is 1. The molecule has 0 aromatic heterocycles. The van der Waals surface area contributed by atoms with Crippen molar-refractivity contribution in [3.63, 3.8) is 0 Å². The number of rotatable bonds is 1. The fourth-order valence-corrected chi connectivity index (χ4v) is 3.09. The molecule has 1 aromatic rings. The highest BCUT2D eigenvalue weighted by molar-refractivity contribution is 5.43. The highest BCUT2D eigenvalue weighted by atomic mass is 16.3. The summed E-state index contributed by atoms with van der Waals surface area (Å²) in [6.07, 6.45) is 3.69. The number of phenols is 1. The van der Waals surface area contributed by atoms with Gasteiger partial charge in [-0.05, 0) is 31.2 Å². The van der Waals surface area contributed by atoms with Gasteiger partial charge in [-0.3, -0.25) is 0 Å². The van der Waals surface area contributed by atoms with E-state index < -0.39 is 0 Å². The first-order chi connectivity index (χ1) is 7.37. The zero-order chi connectivity index (χ0) is 12.0. The lowest BCUT2D eigenvalue weighted by Crippen LogP contribution is -2.34. The van der Waals surface area contributed by atoms with Crippen molar-refractivity contribution in [2.75, 3.05) is 0 Å². The van der Waals surface area contributed by atoms with Crippen LogP contribution in [0.25, 0.3) is 0 Å². The van der Waals surface area contributed by atoms with Crippen molar-refractivity contribution in [2.45, 2.75) is 52.4 Å². The minimum Gasteiger partial charge on any atom is -0.508 e. The van der Waals surface area contributed by atoms with Crippen LogP contribution in [0.15, 0.2) is 18.2 Å². The van der Waals surface area contributed by atoms with Gasteiger partial charge in [-0.15, -0.1) is 0 Å². The molecule has 1 heteroatoms. The van der Waals surface area contributed by atoms with Gasteiger partial charge >= 0.3 is 0 Å². The Morgan fingerprint density at radius 3 is 2.38 bits per heavy atom. The lowest BCUT2D eigenvalue weighted by Gasteiger charge is -2.39. The van der Waals surface area contributed by atoms with Gasteiger partial charge in [0.05, 0.1) is 0 Å². The van der Waals surface area contributed by atoms with Crippen LogP contribution in [-0.2, 0) is 5.41 Å². The Labute approximate surface area is 98.5 Å². The van der Waals surface area contributed by atoms with Gasteiger partial charge < -0.3 is 5.11 Å². The molecule has 1 saturated carbocycles. The van der Waals surface area contributed by atoms with Crippen molar-refractivity contribution in [1.82, 2.24) is 0 Å². The van der Waals surface area contributed by atoms with Crippen LogP contribution in [0.4, 0.5) is 0 Å². The fraction of sp³-hybridized carbons (Fsp3) is 0.600. The van der Waals surface area contributed by atoms with E-state index in [1.54, 1.807) is 0 Å². The number of hydrogen-bond acceptors (Lipinski definition) is 1. The minimum absolute atomic E-state index is 0.114. The molecule has 0 spiro atoms. The number of hydrogen-bond donors (Lipinski definition) is 1. The summed E-state index contributed by atoms with van der Waals surface area (Å²) in [7, 11) is 0. The molecule has 1 fully saturated rings. The fourth-order valence-electron chi connectivity index (χ4n) is 3.09. The maximum atomic E-state index is 10.1. The van der Waals surface area contributed by atoms with Crippen LogP contribution < -0.4 is 0 Å². The van der Waals surface area contributed by atoms with Crippen molar-refractivity contribution >= 4 is 0 Å². The van der Waals surface area contributed by atoms with Gasteiger partial charge in [0.2, 0.25) is 0 Å². The monoisotopic (exact) mass is 218 g/mol. The molecule has 0 radical (unpaired) electrons. The van der Waals surface area contributed by atoms with Crippen molar-refractivity contribution < 1.29 is 5.11 Å². The van der Waals surface area contributed by atoms with Crippen molar-refractivity contribution in [3.8, 4) is 5.75 Å². The normalized spacial score (nSPS) is 28.2. The van der Waals surface area contributed by atoms with Gasteiger partial charge in [0.15, 0.2) is 0 Å². The second kappa shape index (κ2) is 3.51. The Balaban J connectivity index is 2.55. The van der Waals surface area contributed by atoms with E-state index >= 15 is 0 Å². The van der Waals surface area contributed by atoms with E-state index in [0.717, 1.165) is 5.56 Å². The van der Waals surface area contributed by atoms with Crippen molar-refractivity contribution in [2.24, 2.45) is 5.41 Å². The van der Waals surface area contributed by atoms with Crippen LogP contribution in [0.1, 0.15) is 51.2 Å². The third-order valence-corrected chi connectivity index (χ3v) is 4.72. The maximum absolute atomic E-state index is 10.1. The molecule has 0 amide bonds. The lowest BCUT2D eigenvalue weighted by molar-refractivity contribution is 0.219.